The molecule has 0 saturated heterocycles. The van der Waals surface area contributed by atoms with Crippen LogP contribution in [0.2, 0.25) is 0 Å². The molecule has 1 heterocycles. The van der Waals surface area contributed by atoms with Gasteiger partial charge in [-0.3, -0.25) is 9.59 Å². The summed E-state index contributed by atoms with van der Waals surface area (Å²) in [4.78, 5) is 37.1. The van der Waals surface area contributed by atoms with Crippen molar-refractivity contribution in [1.29, 1.82) is 0 Å². The van der Waals surface area contributed by atoms with Gasteiger partial charge < -0.3 is 14.5 Å². The maximum absolute atomic E-state index is 12.5. The molecule has 0 fully saturated rings. The summed E-state index contributed by atoms with van der Waals surface area (Å²) in [5, 5.41) is 5.14. The van der Waals surface area contributed by atoms with Crippen molar-refractivity contribution in [2.45, 2.75) is 20.0 Å². The molecule has 1 aromatic heterocycles. The third kappa shape index (κ3) is 3.93. The van der Waals surface area contributed by atoms with Crippen LogP contribution in [0, 0.1) is 6.92 Å². The number of esters is 1. The number of aryl methyl sites for hydroxylation is 1. The average Bonchev–Trinajstić information content (AvgIpc) is 2.74. The minimum absolute atomic E-state index is 0.248. The number of fused-ring (bicyclic) bond motifs is 2. The van der Waals surface area contributed by atoms with E-state index in [0.29, 0.717) is 11.1 Å². The summed E-state index contributed by atoms with van der Waals surface area (Å²) in [5.41, 5.74) is 1.44. The van der Waals surface area contributed by atoms with E-state index >= 15 is 0 Å². The fourth-order valence-corrected chi connectivity index (χ4v) is 3.15. The van der Waals surface area contributed by atoms with Gasteiger partial charge in [-0.05, 0) is 48.9 Å². The van der Waals surface area contributed by atoms with Crippen LogP contribution in [-0.2, 0) is 9.53 Å². The van der Waals surface area contributed by atoms with E-state index in [0.717, 1.165) is 22.4 Å². The Bertz CT molecular complexity index is 1340. The second-order valence-electron chi connectivity index (χ2n) is 7.07. The van der Waals surface area contributed by atoms with Crippen LogP contribution < -0.4 is 10.7 Å². The summed E-state index contributed by atoms with van der Waals surface area (Å²) in [7, 11) is 0. The number of carbonyl (C=O) groups excluding carboxylic acids is 2. The first-order chi connectivity index (χ1) is 14.4. The molecule has 6 heteroatoms. The topological polar surface area (TPSA) is 85.6 Å². The molecule has 30 heavy (non-hydrogen) atoms. The average molecular weight is 401 g/mol. The maximum atomic E-state index is 12.5. The summed E-state index contributed by atoms with van der Waals surface area (Å²) in [6, 6.07) is 19.5. The quantitative estimate of drug-likeness (QED) is 0.511. The molecule has 0 aliphatic rings. The third-order valence-electron chi connectivity index (χ3n) is 4.75. The van der Waals surface area contributed by atoms with Crippen LogP contribution in [0.1, 0.15) is 23.0 Å². The van der Waals surface area contributed by atoms with E-state index in [1.54, 1.807) is 24.3 Å². The van der Waals surface area contributed by atoms with E-state index in [9.17, 15) is 14.4 Å². The molecule has 1 atom stereocenters. The second-order valence-corrected chi connectivity index (χ2v) is 7.07. The molecule has 0 bridgehead atoms. The zero-order valence-electron chi connectivity index (χ0n) is 16.5. The molecule has 0 aliphatic carbocycles. The Hall–Kier alpha value is -3.93. The van der Waals surface area contributed by atoms with E-state index in [1.165, 1.54) is 6.92 Å². The fourth-order valence-electron chi connectivity index (χ4n) is 3.15. The molecule has 3 aromatic carbocycles. The lowest BCUT2D eigenvalue weighted by Gasteiger charge is -2.13. The highest BCUT2D eigenvalue weighted by Gasteiger charge is 2.21. The van der Waals surface area contributed by atoms with E-state index in [-0.39, 0.29) is 16.8 Å². The van der Waals surface area contributed by atoms with Crippen molar-refractivity contribution in [1.82, 2.24) is 0 Å². The number of ether oxygens (including phenoxy) is 1. The smallest absolute Gasteiger partial charge is 0.375 e. The van der Waals surface area contributed by atoms with Crippen LogP contribution in [0.5, 0.6) is 0 Å². The van der Waals surface area contributed by atoms with Gasteiger partial charge in [-0.1, -0.05) is 42.0 Å². The Kier molecular flexibility index (Phi) is 5.06. The van der Waals surface area contributed by atoms with Gasteiger partial charge in [0.15, 0.2) is 11.5 Å². The monoisotopic (exact) mass is 401 g/mol. The Morgan fingerprint density at radius 3 is 2.53 bits per heavy atom. The van der Waals surface area contributed by atoms with Crippen molar-refractivity contribution >= 4 is 39.3 Å². The molecule has 0 saturated carbocycles. The SMILES string of the molecule is Cc1ccc2oc(C(=O)O[C@H](C)C(=O)Nc3ccc4ccccc4c3)cc(=O)c2c1. The highest BCUT2D eigenvalue weighted by molar-refractivity contribution is 5.98. The van der Waals surface area contributed by atoms with Crippen molar-refractivity contribution in [2.75, 3.05) is 5.32 Å². The van der Waals surface area contributed by atoms with Crippen LogP contribution in [0.25, 0.3) is 21.7 Å². The van der Waals surface area contributed by atoms with Crippen LogP contribution in [0.15, 0.2) is 75.9 Å². The van der Waals surface area contributed by atoms with Gasteiger partial charge in [0.05, 0.1) is 5.39 Å². The molecule has 6 nitrogen and oxygen atoms in total. The van der Waals surface area contributed by atoms with E-state index in [1.807, 2.05) is 43.3 Å². The molecule has 0 spiro atoms. The van der Waals surface area contributed by atoms with E-state index < -0.39 is 18.0 Å². The molecule has 4 aromatic rings. The van der Waals surface area contributed by atoms with Crippen molar-refractivity contribution in [3.8, 4) is 0 Å². The number of carbonyl (C=O) groups is 2. The van der Waals surface area contributed by atoms with Crippen LogP contribution in [0.4, 0.5) is 5.69 Å². The largest absolute Gasteiger partial charge is 0.449 e. The number of hydrogen-bond donors (Lipinski definition) is 1. The summed E-state index contributed by atoms with van der Waals surface area (Å²) in [6.45, 7) is 3.31. The predicted octanol–water partition coefficient (Wildman–Crippen LogP) is 4.44. The molecular weight excluding hydrogens is 382 g/mol. The first-order valence-electron chi connectivity index (χ1n) is 9.46. The van der Waals surface area contributed by atoms with Gasteiger partial charge in [0.1, 0.15) is 5.58 Å². The molecule has 0 unspecified atom stereocenters. The standard InChI is InChI=1S/C24H19NO5/c1-14-7-10-21-19(11-14)20(26)13-22(30-21)24(28)29-15(2)23(27)25-18-9-8-16-5-3-4-6-17(16)12-18/h3-13,15H,1-2H3,(H,25,27)/t15-/m1/s1. The van der Waals surface area contributed by atoms with Crippen LogP contribution in [0.3, 0.4) is 0 Å². The number of anilines is 1. The van der Waals surface area contributed by atoms with Gasteiger partial charge in [-0.2, -0.15) is 0 Å². The lowest BCUT2D eigenvalue weighted by Crippen LogP contribution is -2.30. The maximum Gasteiger partial charge on any atom is 0.375 e. The first-order valence-corrected chi connectivity index (χ1v) is 9.46. The molecule has 150 valence electrons. The highest BCUT2D eigenvalue weighted by Crippen LogP contribution is 2.19. The zero-order valence-corrected chi connectivity index (χ0v) is 16.5. The Labute approximate surface area is 172 Å². The minimum atomic E-state index is -1.08. The minimum Gasteiger partial charge on any atom is -0.449 e. The molecule has 1 N–H and O–H groups in total. The summed E-state index contributed by atoms with van der Waals surface area (Å²) >= 11 is 0. The zero-order chi connectivity index (χ0) is 21.3. The highest BCUT2D eigenvalue weighted by atomic mass is 16.6. The van der Waals surface area contributed by atoms with Gasteiger partial charge in [0, 0.05) is 11.8 Å². The fraction of sp³-hybridized carbons (Fsp3) is 0.125. The van der Waals surface area contributed by atoms with Crippen molar-refractivity contribution in [2.24, 2.45) is 0 Å². The Balaban J connectivity index is 1.48. The molecular formula is C24H19NO5. The van der Waals surface area contributed by atoms with Gasteiger partial charge in [0.2, 0.25) is 5.76 Å². The summed E-state index contributed by atoms with van der Waals surface area (Å²) in [6.07, 6.45) is -1.08. The lowest BCUT2D eigenvalue weighted by atomic mass is 10.1. The van der Waals surface area contributed by atoms with E-state index in [4.69, 9.17) is 9.15 Å². The molecule has 4 rings (SSSR count). The number of benzene rings is 3. The summed E-state index contributed by atoms with van der Waals surface area (Å²) in [5.74, 6) is -1.62. The van der Waals surface area contributed by atoms with E-state index in [2.05, 4.69) is 5.32 Å². The van der Waals surface area contributed by atoms with Crippen LogP contribution >= 0.6 is 0 Å². The van der Waals surface area contributed by atoms with Crippen molar-refractivity contribution in [3.63, 3.8) is 0 Å². The normalized spacial score (nSPS) is 11.9. The first kappa shape index (κ1) is 19.4. The summed E-state index contributed by atoms with van der Waals surface area (Å²) < 4.78 is 10.7. The van der Waals surface area contributed by atoms with Crippen molar-refractivity contribution in [3.05, 3.63) is 88.3 Å². The number of nitrogens with one attached hydrogen (secondary N) is 1. The van der Waals surface area contributed by atoms with Gasteiger partial charge in [0.25, 0.3) is 5.91 Å². The van der Waals surface area contributed by atoms with Gasteiger partial charge in [-0.25, -0.2) is 4.79 Å². The molecule has 0 radical (unpaired) electrons. The van der Waals surface area contributed by atoms with Gasteiger partial charge in [-0.15, -0.1) is 0 Å². The van der Waals surface area contributed by atoms with Gasteiger partial charge >= 0.3 is 5.97 Å². The number of rotatable bonds is 4. The number of hydrogen-bond acceptors (Lipinski definition) is 5. The lowest BCUT2D eigenvalue weighted by molar-refractivity contribution is -0.123. The molecule has 1 amide bonds. The number of amides is 1. The van der Waals surface area contributed by atoms with Crippen molar-refractivity contribution < 1.29 is 18.7 Å². The van der Waals surface area contributed by atoms with Crippen LogP contribution in [-0.4, -0.2) is 18.0 Å². The predicted molar refractivity (Wildman–Crippen MR) is 115 cm³/mol. The Morgan fingerprint density at radius 2 is 1.73 bits per heavy atom. The Morgan fingerprint density at radius 1 is 0.967 bits per heavy atom. The third-order valence-corrected chi connectivity index (χ3v) is 4.75. The molecule has 0 aliphatic heterocycles. The second kappa shape index (κ2) is 7.83.